The Labute approximate surface area is 262 Å². The van der Waals surface area contributed by atoms with E-state index in [0.717, 1.165) is 27.5 Å². The molecule has 0 aliphatic carbocycles. The van der Waals surface area contributed by atoms with Crippen LogP contribution >= 0.6 is 11.3 Å². The predicted octanol–water partition coefficient (Wildman–Crippen LogP) is 5.75. The molecule has 0 N–H and O–H groups in total. The number of carbonyl (C=O) groups excluding carboxylic acids is 1. The highest BCUT2D eigenvalue weighted by Crippen LogP contribution is 2.32. The third-order valence-corrected chi connectivity index (χ3v) is 8.64. The fourth-order valence-electron chi connectivity index (χ4n) is 5.41. The van der Waals surface area contributed by atoms with Crippen molar-refractivity contribution < 1.29 is 19.2 Å². The number of carbonyl (C=O) groups is 1. The molecule has 0 spiro atoms. The SMILES string of the molecule is CCOC(=O)C1=C(C)N=c2s/c(=C\c3c(OCc4ccc([N+](=O)[O-])cc4)ccc4ccccc34)c(=O)n2[C@@H]1c1ccc(C)cc1. The number of ether oxygens (including phenoxy) is 2. The molecule has 10 heteroatoms. The fraction of sp³-hybridized carbons (Fsp3) is 0.171. The third-order valence-electron chi connectivity index (χ3n) is 7.66. The van der Waals surface area contributed by atoms with Crippen LogP contribution < -0.4 is 19.6 Å². The van der Waals surface area contributed by atoms with Crippen LogP contribution in [-0.4, -0.2) is 22.1 Å². The van der Waals surface area contributed by atoms with Gasteiger partial charge in [-0.05, 0) is 66.9 Å². The zero-order valence-electron chi connectivity index (χ0n) is 24.9. The summed E-state index contributed by atoms with van der Waals surface area (Å²) in [5, 5.41) is 12.9. The molecule has 0 amide bonds. The molecular formula is C35H29N3O6S. The van der Waals surface area contributed by atoms with E-state index in [-0.39, 0.29) is 24.5 Å². The van der Waals surface area contributed by atoms with Gasteiger partial charge in [0.15, 0.2) is 4.80 Å². The number of non-ortho nitro benzene ring substituents is 1. The molecule has 0 bridgehead atoms. The van der Waals surface area contributed by atoms with Crippen LogP contribution in [0, 0.1) is 17.0 Å². The lowest BCUT2D eigenvalue weighted by atomic mass is 9.95. The lowest BCUT2D eigenvalue weighted by molar-refractivity contribution is -0.384. The van der Waals surface area contributed by atoms with E-state index in [2.05, 4.69) is 4.99 Å². The summed E-state index contributed by atoms with van der Waals surface area (Å²) in [5.74, 6) is 0.0472. The van der Waals surface area contributed by atoms with Crippen LogP contribution in [0.3, 0.4) is 0 Å². The smallest absolute Gasteiger partial charge is 0.338 e. The zero-order chi connectivity index (χ0) is 31.7. The molecule has 2 heterocycles. The van der Waals surface area contributed by atoms with Gasteiger partial charge in [0.1, 0.15) is 12.4 Å². The van der Waals surface area contributed by atoms with E-state index in [4.69, 9.17) is 9.47 Å². The van der Waals surface area contributed by atoms with Gasteiger partial charge in [-0.15, -0.1) is 0 Å². The minimum Gasteiger partial charge on any atom is -0.488 e. The molecule has 45 heavy (non-hydrogen) atoms. The second-order valence-corrected chi connectivity index (χ2v) is 11.6. The first-order chi connectivity index (χ1) is 21.7. The van der Waals surface area contributed by atoms with E-state index in [9.17, 15) is 19.7 Å². The molecule has 1 atom stereocenters. The summed E-state index contributed by atoms with van der Waals surface area (Å²) in [6.45, 7) is 5.86. The molecule has 0 radical (unpaired) electrons. The molecule has 6 rings (SSSR count). The Bertz CT molecular complexity index is 2160. The zero-order valence-corrected chi connectivity index (χ0v) is 25.7. The molecule has 1 aliphatic heterocycles. The Morgan fingerprint density at radius 2 is 1.76 bits per heavy atom. The first-order valence-corrected chi connectivity index (χ1v) is 15.2. The van der Waals surface area contributed by atoms with Crippen LogP contribution in [0.4, 0.5) is 5.69 Å². The molecule has 5 aromatic rings. The molecule has 4 aromatic carbocycles. The van der Waals surface area contributed by atoms with Crippen LogP contribution in [0.1, 0.15) is 42.1 Å². The maximum absolute atomic E-state index is 14.2. The Hall–Kier alpha value is -5.35. The highest BCUT2D eigenvalue weighted by atomic mass is 32.1. The van der Waals surface area contributed by atoms with Gasteiger partial charge in [0, 0.05) is 17.7 Å². The van der Waals surface area contributed by atoms with E-state index >= 15 is 0 Å². The number of nitro groups is 1. The lowest BCUT2D eigenvalue weighted by Crippen LogP contribution is -2.39. The summed E-state index contributed by atoms with van der Waals surface area (Å²) in [4.78, 5) is 43.2. The second kappa shape index (κ2) is 12.3. The van der Waals surface area contributed by atoms with Crippen LogP contribution in [0.15, 0.2) is 106 Å². The van der Waals surface area contributed by atoms with E-state index in [1.807, 2.05) is 73.7 Å². The van der Waals surface area contributed by atoms with Crippen molar-refractivity contribution in [2.75, 3.05) is 6.61 Å². The van der Waals surface area contributed by atoms with Gasteiger partial charge in [-0.25, -0.2) is 9.79 Å². The molecule has 0 fully saturated rings. The van der Waals surface area contributed by atoms with Crippen molar-refractivity contribution in [3.05, 3.63) is 148 Å². The summed E-state index contributed by atoms with van der Waals surface area (Å²) in [6, 6.07) is 24.9. The third kappa shape index (κ3) is 5.80. The van der Waals surface area contributed by atoms with Gasteiger partial charge in [0.05, 0.1) is 33.4 Å². The first kappa shape index (κ1) is 29.7. The number of aryl methyl sites for hydroxylation is 1. The average Bonchev–Trinajstić information content (AvgIpc) is 3.34. The molecule has 1 aliphatic rings. The minimum atomic E-state index is -0.701. The van der Waals surface area contributed by atoms with Gasteiger partial charge in [0.2, 0.25) is 0 Å². The summed E-state index contributed by atoms with van der Waals surface area (Å²) < 4.78 is 13.6. The molecule has 0 saturated heterocycles. The van der Waals surface area contributed by atoms with Crippen LogP contribution in [-0.2, 0) is 16.1 Å². The summed E-state index contributed by atoms with van der Waals surface area (Å²) in [7, 11) is 0. The fourth-order valence-corrected chi connectivity index (χ4v) is 6.44. The van der Waals surface area contributed by atoms with Gasteiger partial charge >= 0.3 is 5.97 Å². The van der Waals surface area contributed by atoms with Gasteiger partial charge in [-0.3, -0.25) is 19.5 Å². The lowest BCUT2D eigenvalue weighted by Gasteiger charge is -2.24. The number of nitrogens with zero attached hydrogens (tertiary/aromatic N) is 3. The van der Waals surface area contributed by atoms with Crippen LogP contribution in [0.25, 0.3) is 16.8 Å². The van der Waals surface area contributed by atoms with Crippen molar-refractivity contribution in [1.29, 1.82) is 0 Å². The largest absolute Gasteiger partial charge is 0.488 e. The number of hydrogen-bond acceptors (Lipinski definition) is 8. The molecule has 0 saturated carbocycles. The van der Waals surface area contributed by atoms with Crippen molar-refractivity contribution in [2.24, 2.45) is 4.99 Å². The summed E-state index contributed by atoms with van der Waals surface area (Å²) >= 11 is 1.25. The van der Waals surface area contributed by atoms with E-state index in [1.165, 1.54) is 23.5 Å². The molecule has 226 valence electrons. The number of allylic oxidation sites excluding steroid dienone is 1. The van der Waals surface area contributed by atoms with Crippen LogP contribution in [0.2, 0.25) is 0 Å². The van der Waals surface area contributed by atoms with E-state index < -0.39 is 16.9 Å². The monoisotopic (exact) mass is 619 g/mol. The molecule has 0 unspecified atom stereocenters. The number of nitro benzene ring substituents is 1. The van der Waals surface area contributed by atoms with Crippen molar-refractivity contribution in [3.8, 4) is 5.75 Å². The first-order valence-electron chi connectivity index (χ1n) is 14.4. The molecular weight excluding hydrogens is 590 g/mol. The number of aromatic nitrogens is 1. The molecule has 9 nitrogen and oxygen atoms in total. The number of thiazole rings is 1. The maximum Gasteiger partial charge on any atom is 0.338 e. The Balaban J connectivity index is 1.49. The number of esters is 1. The number of benzene rings is 4. The van der Waals surface area contributed by atoms with Gasteiger partial charge in [-0.2, -0.15) is 0 Å². The summed E-state index contributed by atoms with van der Waals surface area (Å²) in [5.41, 5.74) is 3.87. The maximum atomic E-state index is 14.2. The van der Waals surface area contributed by atoms with Crippen molar-refractivity contribution in [3.63, 3.8) is 0 Å². The topological polar surface area (TPSA) is 113 Å². The molecule has 1 aromatic heterocycles. The van der Waals surface area contributed by atoms with E-state index in [0.29, 0.717) is 31.9 Å². The normalized spacial score (nSPS) is 14.6. The standard InChI is InChI=1S/C35H29N3O6S/c1-4-43-34(40)31-22(3)36-35-37(32(31)25-13-9-21(2)10-14-25)33(39)30(45-35)19-28-27-8-6-5-7-24(27)15-18-29(28)44-20-23-11-16-26(17-12-23)38(41)42/h5-19,32H,4,20H2,1-3H3/b30-19-/t32-/m1/s1. The number of rotatable bonds is 8. The van der Waals surface area contributed by atoms with Crippen molar-refractivity contribution in [1.82, 2.24) is 4.57 Å². The highest BCUT2D eigenvalue weighted by molar-refractivity contribution is 7.07. The average molecular weight is 620 g/mol. The Morgan fingerprint density at radius 1 is 1.02 bits per heavy atom. The van der Waals surface area contributed by atoms with Gasteiger partial charge in [0.25, 0.3) is 11.2 Å². The van der Waals surface area contributed by atoms with Gasteiger partial charge < -0.3 is 9.47 Å². The van der Waals surface area contributed by atoms with Gasteiger partial charge in [-0.1, -0.05) is 71.5 Å². The quantitative estimate of drug-likeness (QED) is 0.124. The highest BCUT2D eigenvalue weighted by Gasteiger charge is 2.33. The van der Waals surface area contributed by atoms with Crippen LogP contribution in [0.5, 0.6) is 5.75 Å². The Kier molecular flexibility index (Phi) is 8.14. The van der Waals surface area contributed by atoms with Crippen molar-refractivity contribution in [2.45, 2.75) is 33.4 Å². The minimum absolute atomic E-state index is 0.00538. The summed E-state index contributed by atoms with van der Waals surface area (Å²) in [6.07, 6.45) is 1.81. The van der Waals surface area contributed by atoms with E-state index in [1.54, 1.807) is 30.5 Å². The second-order valence-electron chi connectivity index (χ2n) is 10.6. The number of hydrogen-bond donors (Lipinski definition) is 0. The van der Waals surface area contributed by atoms with Crippen molar-refractivity contribution >= 4 is 39.8 Å². The Morgan fingerprint density at radius 3 is 2.47 bits per heavy atom. The number of fused-ring (bicyclic) bond motifs is 2. The predicted molar refractivity (Wildman–Crippen MR) is 173 cm³/mol.